The Morgan fingerprint density at radius 1 is 1.46 bits per heavy atom. The van der Waals surface area contributed by atoms with E-state index in [0.717, 1.165) is 17.0 Å². The SMILES string of the molecule is C=CC1=C(C=C)c2ccnn2CO1. The summed E-state index contributed by atoms with van der Waals surface area (Å²) in [5.41, 5.74) is 1.97. The van der Waals surface area contributed by atoms with Crippen molar-refractivity contribution in [3.05, 3.63) is 49.0 Å². The molecular formula is C10H10N2O. The van der Waals surface area contributed by atoms with Crippen LogP contribution < -0.4 is 0 Å². The van der Waals surface area contributed by atoms with Gasteiger partial charge in [-0.15, -0.1) is 0 Å². The summed E-state index contributed by atoms with van der Waals surface area (Å²) in [7, 11) is 0. The minimum Gasteiger partial charge on any atom is -0.471 e. The molecule has 1 aromatic rings. The largest absolute Gasteiger partial charge is 0.471 e. The predicted octanol–water partition coefficient (Wildman–Crippen LogP) is 1.95. The van der Waals surface area contributed by atoms with E-state index in [9.17, 15) is 0 Å². The van der Waals surface area contributed by atoms with Gasteiger partial charge in [0.1, 0.15) is 5.76 Å². The number of aromatic nitrogens is 2. The van der Waals surface area contributed by atoms with Gasteiger partial charge >= 0.3 is 0 Å². The zero-order chi connectivity index (χ0) is 9.26. The highest BCUT2D eigenvalue weighted by molar-refractivity contribution is 5.75. The van der Waals surface area contributed by atoms with E-state index >= 15 is 0 Å². The van der Waals surface area contributed by atoms with E-state index in [4.69, 9.17) is 4.74 Å². The van der Waals surface area contributed by atoms with Crippen molar-refractivity contribution in [1.82, 2.24) is 9.78 Å². The Balaban J connectivity index is 2.60. The second-order valence-corrected chi connectivity index (χ2v) is 2.68. The van der Waals surface area contributed by atoms with Crippen LogP contribution in [0.25, 0.3) is 5.57 Å². The minimum absolute atomic E-state index is 0.445. The molecule has 0 saturated carbocycles. The van der Waals surface area contributed by atoms with E-state index in [2.05, 4.69) is 18.3 Å². The van der Waals surface area contributed by atoms with Gasteiger partial charge in [0, 0.05) is 11.8 Å². The third-order valence-corrected chi connectivity index (χ3v) is 1.99. The lowest BCUT2D eigenvalue weighted by molar-refractivity contribution is 0.135. The fourth-order valence-corrected chi connectivity index (χ4v) is 1.37. The Morgan fingerprint density at radius 3 is 3.00 bits per heavy atom. The molecule has 2 rings (SSSR count). The number of fused-ring (bicyclic) bond motifs is 1. The van der Waals surface area contributed by atoms with Gasteiger partial charge < -0.3 is 4.74 Å². The average molecular weight is 174 g/mol. The Hall–Kier alpha value is -1.77. The molecule has 0 amide bonds. The molecule has 0 aromatic carbocycles. The molecule has 0 atom stereocenters. The van der Waals surface area contributed by atoms with E-state index in [-0.39, 0.29) is 0 Å². The van der Waals surface area contributed by atoms with Crippen LogP contribution in [0, 0.1) is 0 Å². The van der Waals surface area contributed by atoms with Crippen molar-refractivity contribution >= 4 is 5.57 Å². The van der Waals surface area contributed by atoms with Crippen LogP contribution in [0.15, 0.2) is 43.3 Å². The maximum absolute atomic E-state index is 5.41. The van der Waals surface area contributed by atoms with E-state index < -0.39 is 0 Å². The lowest BCUT2D eigenvalue weighted by Gasteiger charge is -2.18. The normalized spacial score (nSPS) is 14.8. The van der Waals surface area contributed by atoms with Gasteiger partial charge in [-0.1, -0.05) is 19.2 Å². The summed E-state index contributed by atoms with van der Waals surface area (Å²) in [4.78, 5) is 0. The second kappa shape index (κ2) is 2.94. The van der Waals surface area contributed by atoms with Gasteiger partial charge in [0.15, 0.2) is 6.73 Å². The Bertz CT molecular complexity index is 387. The first-order valence-corrected chi connectivity index (χ1v) is 4.01. The van der Waals surface area contributed by atoms with Crippen molar-refractivity contribution in [2.45, 2.75) is 6.73 Å². The van der Waals surface area contributed by atoms with Gasteiger partial charge in [-0.3, -0.25) is 0 Å². The van der Waals surface area contributed by atoms with Crippen LogP contribution in [0.5, 0.6) is 0 Å². The summed E-state index contributed by atoms with van der Waals surface area (Å²) in [5, 5.41) is 4.10. The molecule has 0 aliphatic carbocycles. The predicted molar refractivity (Wildman–Crippen MR) is 50.6 cm³/mol. The smallest absolute Gasteiger partial charge is 0.181 e. The van der Waals surface area contributed by atoms with Gasteiger partial charge in [0.2, 0.25) is 0 Å². The van der Waals surface area contributed by atoms with E-state index in [1.54, 1.807) is 23.0 Å². The maximum Gasteiger partial charge on any atom is 0.181 e. The Kier molecular flexibility index (Phi) is 1.77. The number of ether oxygens (including phenoxy) is 1. The fourth-order valence-electron chi connectivity index (χ4n) is 1.37. The molecule has 3 nitrogen and oxygen atoms in total. The molecule has 0 saturated heterocycles. The Labute approximate surface area is 76.6 Å². The minimum atomic E-state index is 0.445. The first kappa shape index (κ1) is 7.86. The van der Waals surface area contributed by atoms with E-state index in [0.29, 0.717) is 6.73 Å². The molecule has 0 spiro atoms. The molecule has 1 aliphatic heterocycles. The highest BCUT2D eigenvalue weighted by Crippen LogP contribution is 2.25. The summed E-state index contributed by atoms with van der Waals surface area (Å²) < 4.78 is 7.19. The number of nitrogens with zero attached hydrogens (tertiary/aromatic N) is 2. The summed E-state index contributed by atoms with van der Waals surface area (Å²) >= 11 is 0. The molecule has 13 heavy (non-hydrogen) atoms. The van der Waals surface area contributed by atoms with Crippen LogP contribution >= 0.6 is 0 Å². The first-order valence-electron chi connectivity index (χ1n) is 4.01. The van der Waals surface area contributed by atoms with E-state index in [1.165, 1.54) is 0 Å². The van der Waals surface area contributed by atoms with Crippen molar-refractivity contribution in [2.75, 3.05) is 0 Å². The third kappa shape index (κ3) is 1.09. The molecule has 0 bridgehead atoms. The standard InChI is InChI=1S/C10H10N2O/c1-3-8-9-5-6-11-12(9)7-13-10(8)4-2/h3-6H,1-2,7H2. The molecular weight excluding hydrogens is 164 g/mol. The molecule has 1 aromatic heterocycles. The topological polar surface area (TPSA) is 27.1 Å². The number of rotatable bonds is 2. The van der Waals surface area contributed by atoms with Crippen LogP contribution in [-0.4, -0.2) is 9.78 Å². The molecule has 0 fully saturated rings. The van der Waals surface area contributed by atoms with Crippen molar-refractivity contribution in [1.29, 1.82) is 0 Å². The molecule has 3 heteroatoms. The van der Waals surface area contributed by atoms with E-state index in [1.807, 2.05) is 6.07 Å². The van der Waals surface area contributed by atoms with Gasteiger partial charge in [-0.25, -0.2) is 4.68 Å². The van der Waals surface area contributed by atoms with Crippen molar-refractivity contribution < 1.29 is 4.74 Å². The third-order valence-electron chi connectivity index (χ3n) is 1.99. The number of hydrogen-bond acceptors (Lipinski definition) is 2. The van der Waals surface area contributed by atoms with Crippen LogP contribution in [-0.2, 0) is 11.5 Å². The lowest BCUT2D eigenvalue weighted by atomic mass is 10.1. The average Bonchev–Trinajstić information content (AvgIpc) is 2.63. The summed E-state index contributed by atoms with van der Waals surface area (Å²) in [6, 6.07) is 1.93. The highest BCUT2D eigenvalue weighted by atomic mass is 16.5. The molecule has 2 heterocycles. The zero-order valence-corrected chi connectivity index (χ0v) is 7.23. The van der Waals surface area contributed by atoms with Gasteiger partial charge in [0.05, 0.1) is 5.69 Å². The van der Waals surface area contributed by atoms with Crippen LogP contribution in [0.3, 0.4) is 0 Å². The summed E-state index contributed by atoms with van der Waals surface area (Å²) in [6.45, 7) is 7.86. The Morgan fingerprint density at radius 2 is 2.31 bits per heavy atom. The van der Waals surface area contributed by atoms with Crippen LogP contribution in [0.2, 0.25) is 0 Å². The van der Waals surface area contributed by atoms with Crippen LogP contribution in [0.1, 0.15) is 5.69 Å². The van der Waals surface area contributed by atoms with Crippen molar-refractivity contribution in [3.8, 4) is 0 Å². The molecule has 1 aliphatic rings. The van der Waals surface area contributed by atoms with Gasteiger partial charge in [-0.2, -0.15) is 5.10 Å². The summed E-state index contributed by atoms with van der Waals surface area (Å²) in [5.74, 6) is 0.767. The first-order chi connectivity index (χ1) is 6.36. The van der Waals surface area contributed by atoms with Crippen molar-refractivity contribution in [2.24, 2.45) is 0 Å². The van der Waals surface area contributed by atoms with Gasteiger partial charge in [0.25, 0.3) is 0 Å². The molecule has 66 valence electrons. The monoisotopic (exact) mass is 174 g/mol. The number of hydrogen-bond donors (Lipinski definition) is 0. The zero-order valence-electron chi connectivity index (χ0n) is 7.23. The molecule has 0 unspecified atom stereocenters. The second-order valence-electron chi connectivity index (χ2n) is 2.68. The molecule has 0 radical (unpaired) electrons. The quantitative estimate of drug-likeness (QED) is 0.685. The summed E-state index contributed by atoms with van der Waals surface area (Å²) in [6.07, 6.45) is 5.19. The van der Waals surface area contributed by atoms with Crippen molar-refractivity contribution in [3.63, 3.8) is 0 Å². The van der Waals surface area contributed by atoms with Crippen LogP contribution in [0.4, 0.5) is 0 Å². The maximum atomic E-state index is 5.41. The number of allylic oxidation sites excluding steroid dienone is 3. The fraction of sp³-hybridized carbons (Fsp3) is 0.100. The van der Waals surface area contributed by atoms with Gasteiger partial charge in [-0.05, 0) is 12.1 Å². The molecule has 0 N–H and O–H groups in total. The lowest BCUT2D eigenvalue weighted by Crippen LogP contribution is -2.13. The highest BCUT2D eigenvalue weighted by Gasteiger charge is 2.15.